The van der Waals surface area contributed by atoms with Crippen LogP contribution in [0.2, 0.25) is 0 Å². The van der Waals surface area contributed by atoms with E-state index in [9.17, 15) is 0 Å². The zero-order valence-electron chi connectivity index (χ0n) is 9.00. The molecule has 0 aromatic carbocycles. The average Bonchev–Trinajstić information content (AvgIpc) is 2.39. The smallest absolute Gasteiger partial charge is 0.149 e. The number of anilines is 2. The molecular weight excluding hydrogens is 230 g/mol. The van der Waals surface area contributed by atoms with Crippen LogP contribution in [0.5, 0.6) is 0 Å². The first-order valence-electron chi connectivity index (χ1n) is 5.19. The van der Waals surface area contributed by atoms with Crippen molar-refractivity contribution in [1.29, 1.82) is 0 Å². The summed E-state index contributed by atoms with van der Waals surface area (Å²) in [5.41, 5.74) is 0. The molecule has 1 aliphatic heterocycles. The van der Waals surface area contributed by atoms with Crippen LogP contribution >= 0.6 is 11.8 Å². The average molecular weight is 239 g/mol. The molecule has 0 aliphatic carbocycles. The van der Waals surface area contributed by atoms with Gasteiger partial charge in [-0.05, 0) is 24.3 Å². The number of fused-ring (bicyclic) bond motifs is 2. The van der Waals surface area contributed by atoms with Gasteiger partial charge in [0.2, 0.25) is 0 Å². The Labute approximate surface area is 104 Å². The van der Waals surface area contributed by atoms with Gasteiger partial charge in [0.05, 0.1) is 16.3 Å². The van der Waals surface area contributed by atoms with Gasteiger partial charge in [0.25, 0.3) is 0 Å². The fraction of sp³-hybridized carbons (Fsp3) is 0.0769. The lowest BCUT2D eigenvalue weighted by atomic mass is 10.3. The van der Waals surface area contributed by atoms with Gasteiger partial charge in [-0.2, -0.15) is 0 Å². The summed E-state index contributed by atoms with van der Waals surface area (Å²) in [7, 11) is 0. The van der Waals surface area contributed by atoms with E-state index in [1.807, 2.05) is 29.2 Å². The number of nitrogens with zero attached hydrogens (tertiary/aromatic N) is 3. The van der Waals surface area contributed by atoms with Crippen molar-refractivity contribution in [3.63, 3.8) is 0 Å². The topological polar surface area (TPSA) is 29.0 Å². The van der Waals surface area contributed by atoms with Crippen molar-refractivity contribution < 1.29 is 0 Å². The van der Waals surface area contributed by atoms with Crippen molar-refractivity contribution in [3.05, 3.63) is 36.7 Å². The van der Waals surface area contributed by atoms with Crippen LogP contribution in [0.4, 0.5) is 11.6 Å². The van der Waals surface area contributed by atoms with E-state index < -0.39 is 0 Å². The van der Waals surface area contributed by atoms with Crippen molar-refractivity contribution in [2.24, 2.45) is 0 Å². The molecule has 0 spiro atoms. The van der Waals surface area contributed by atoms with E-state index in [2.05, 4.69) is 15.9 Å². The molecule has 3 heterocycles. The number of rotatable bonds is 1. The summed E-state index contributed by atoms with van der Waals surface area (Å²) in [4.78, 5) is 13.0. The molecule has 82 valence electrons. The second kappa shape index (κ2) is 4.11. The van der Waals surface area contributed by atoms with Crippen LogP contribution in [0.1, 0.15) is 0 Å². The minimum absolute atomic E-state index is 0.481. The van der Waals surface area contributed by atoms with Crippen LogP contribution < -0.4 is 4.90 Å². The molecule has 0 radical (unpaired) electrons. The zero-order chi connectivity index (χ0) is 11.7. The Kier molecular flexibility index (Phi) is 2.46. The SMILES string of the molecule is C#CCN1c2ncccc2Sc2cccnc21. The number of aromatic nitrogens is 2. The number of hydrogen-bond donors (Lipinski definition) is 0. The summed E-state index contributed by atoms with van der Waals surface area (Å²) in [6, 6.07) is 7.96. The zero-order valence-corrected chi connectivity index (χ0v) is 9.81. The molecule has 0 fully saturated rings. The lowest BCUT2D eigenvalue weighted by Gasteiger charge is -2.28. The number of terminal acetylenes is 1. The minimum Gasteiger partial charge on any atom is -0.297 e. The normalized spacial score (nSPS) is 12.5. The molecule has 2 aromatic heterocycles. The number of hydrogen-bond acceptors (Lipinski definition) is 4. The van der Waals surface area contributed by atoms with E-state index in [-0.39, 0.29) is 0 Å². The predicted molar refractivity (Wildman–Crippen MR) is 68.4 cm³/mol. The van der Waals surface area contributed by atoms with E-state index in [1.54, 1.807) is 24.2 Å². The largest absolute Gasteiger partial charge is 0.297 e. The van der Waals surface area contributed by atoms with Crippen LogP contribution in [0.15, 0.2) is 46.5 Å². The van der Waals surface area contributed by atoms with Gasteiger partial charge >= 0.3 is 0 Å². The molecule has 2 aromatic rings. The molecule has 0 bridgehead atoms. The summed E-state index contributed by atoms with van der Waals surface area (Å²) in [6.07, 6.45) is 8.97. The quantitative estimate of drug-likeness (QED) is 0.715. The van der Waals surface area contributed by atoms with Gasteiger partial charge in [-0.15, -0.1) is 6.42 Å². The molecule has 0 saturated heterocycles. The van der Waals surface area contributed by atoms with Gasteiger partial charge in [-0.1, -0.05) is 17.7 Å². The second-order valence-electron chi connectivity index (χ2n) is 3.54. The third kappa shape index (κ3) is 1.65. The molecule has 17 heavy (non-hydrogen) atoms. The Balaban J connectivity index is 2.18. The lowest BCUT2D eigenvalue weighted by Crippen LogP contribution is -2.23. The Hall–Kier alpha value is -1.99. The minimum atomic E-state index is 0.481. The van der Waals surface area contributed by atoms with E-state index in [0.717, 1.165) is 21.4 Å². The van der Waals surface area contributed by atoms with Crippen molar-refractivity contribution >= 4 is 23.4 Å². The Morgan fingerprint density at radius 1 is 1.12 bits per heavy atom. The molecule has 1 aliphatic rings. The molecule has 3 nitrogen and oxygen atoms in total. The first kappa shape index (κ1) is 10.2. The molecular formula is C13H9N3S. The summed E-state index contributed by atoms with van der Waals surface area (Å²) in [5.74, 6) is 4.44. The fourth-order valence-electron chi connectivity index (χ4n) is 1.79. The molecule has 4 heteroatoms. The highest BCUT2D eigenvalue weighted by molar-refractivity contribution is 7.99. The molecule has 0 saturated carbocycles. The Bertz CT molecular complexity index is 558. The van der Waals surface area contributed by atoms with Gasteiger partial charge in [0.15, 0.2) is 0 Å². The highest BCUT2D eigenvalue weighted by Crippen LogP contribution is 2.45. The highest BCUT2D eigenvalue weighted by atomic mass is 32.2. The van der Waals surface area contributed by atoms with Crippen LogP contribution in [0.3, 0.4) is 0 Å². The van der Waals surface area contributed by atoms with Gasteiger partial charge in [0.1, 0.15) is 11.6 Å². The van der Waals surface area contributed by atoms with Crippen molar-refractivity contribution in [1.82, 2.24) is 9.97 Å². The van der Waals surface area contributed by atoms with E-state index >= 15 is 0 Å². The summed E-state index contributed by atoms with van der Waals surface area (Å²) in [5, 5.41) is 0. The van der Waals surface area contributed by atoms with Crippen molar-refractivity contribution in [3.8, 4) is 12.3 Å². The molecule has 0 unspecified atom stereocenters. The molecule has 0 atom stereocenters. The Morgan fingerprint density at radius 2 is 1.71 bits per heavy atom. The van der Waals surface area contributed by atoms with Gasteiger partial charge in [-0.3, -0.25) is 4.90 Å². The van der Waals surface area contributed by atoms with Crippen molar-refractivity contribution in [2.45, 2.75) is 9.79 Å². The monoisotopic (exact) mass is 239 g/mol. The lowest BCUT2D eigenvalue weighted by molar-refractivity contribution is 0.960. The maximum Gasteiger partial charge on any atom is 0.149 e. The predicted octanol–water partition coefficient (Wildman–Crippen LogP) is 2.71. The van der Waals surface area contributed by atoms with Gasteiger partial charge in [0, 0.05) is 12.4 Å². The maximum absolute atomic E-state index is 5.42. The van der Waals surface area contributed by atoms with E-state index in [0.29, 0.717) is 6.54 Å². The summed E-state index contributed by atoms with van der Waals surface area (Å²) in [6.45, 7) is 0.481. The third-order valence-electron chi connectivity index (χ3n) is 2.48. The number of pyridine rings is 2. The third-order valence-corrected chi connectivity index (χ3v) is 3.56. The highest BCUT2D eigenvalue weighted by Gasteiger charge is 2.24. The first-order valence-corrected chi connectivity index (χ1v) is 6.00. The molecule has 3 rings (SSSR count). The summed E-state index contributed by atoms with van der Waals surface area (Å²) < 4.78 is 0. The second-order valence-corrected chi connectivity index (χ2v) is 4.63. The van der Waals surface area contributed by atoms with E-state index in [4.69, 9.17) is 6.42 Å². The van der Waals surface area contributed by atoms with Crippen LogP contribution in [0.25, 0.3) is 0 Å². The summed E-state index contributed by atoms with van der Waals surface area (Å²) >= 11 is 1.68. The fourth-order valence-corrected chi connectivity index (χ4v) is 2.83. The van der Waals surface area contributed by atoms with E-state index in [1.165, 1.54) is 0 Å². The van der Waals surface area contributed by atoms with Gasteiger partial charge < -0.3 is 0 Å². The first-order chi connectivity index (χ1) is 8.40. The van der Waals surface area contributed by atoms with Gasteiger partial charge in [-0.25, -0.2) is 9.97 Å². The van der Waals surface area contributed by atoms with Crippen LogP contribution in [-0.4, -0.2) is 16.5 Å². The molecule has 0 amide bonds. The molecule has 0 N–H and O–H groups in total. The van der Waals surface area contributed by atoms with Crippen LogP contribution in [-0.2, 0) is 0 Å². The van der Waals surface area contributed by atoms with Crippen LogP contribution in [0, 0.1) is 12.3 Å². The maximum atomic E-state index is 5.42. The Morgan fingerprint density at radius 3 is 2.24 bits per heavy atom. The van der Waals surface area contributed by atoms with Crippen molar-refractivity contribution in [2.75, 3.05) is 11.4 Å². The standard InChI is InChI=1S/C13H9N3S/c1-2-9-16-12-10(5-3-7-14-12)17-11-6-4-8-15-13(11)16/h1,3-8H,9H2.